The number of hydrogen-bond acceptors (Lipinski definition) is 3. The van der Waals surface area contributed by atoms with E-state index in [9.17, 15) is 0 Å². The van der Waals surface area contributed by atoms with Crippen molar-refractivity contribution in [2.45, 2.75) is 6.54 Å². The van der Waals surface area contributed by atoms with Crippen molar-refractivity contribution in [3.63, 3.8) is 0 Å². The van der Waals surface area contributed by atoms with Crippen LogP contribution >= 0.6 is 15.9 Å². The van der Waals surface area contributed by atoms with Gasteiger partial charge in [-0.3, -0.25) is 5.10 Å². The first kappa shape index (κ1) is 14.7. The Morgan fingerprint density at radius 2 is 1.91 bits per heavy atom. The molecular weight excluding hydrogens is 342 g/mol. The fraction of sp³-hybridized carbons (Fsp3) is 0.118. The Balaban J connectivity index is 1.78. The highest BCUT2D eigenvalue weighted by molar-refractivity contribution is 9.10. The van der Waals surface area contributed by atoms with Crippen LogP contribution in [0.3, 0.4) is 0 Å². The molecular formula is C17H16BrN3O. The highest BCUT2D eigenvalue weighted by Gasteiger charge is 2.08. The third-order valence-corrected chi connectivity index (χ3v) is 4.13. The minimum Gasteiger partial charge on any atom is -0.497 e. The topological polar surface area (TPSA) is 49.9 Å². The smallest absolute Gasteiger partial charge is 0.118 e. The molecule has 4 nitrogen and oxygen atoms in total. The normalized spacial score (nSPS) is 10.5. The van der Waals surface area contributed by atoms with E-state index in [1.54, 1.807) is 7.11 Å². The number of aromatic amines is 1. The van der Waals surface area contributed by atoms with Gasteiger partial charge in [0.1, 0.15) is 5.75 Å². The van der Waals surface area contributed by atoms with Gasteiger partial charge in [0.2, 0.25) is 0 Å². The van der Waals surface area contributed by atoms with Crippen LogP contribution in [0, 0.1) is 0 Å². The van der Waals surface area contributed by atoms with Crippen LogP contribution in [0.25, 0.3) is 11.3 Å². The Morgan fingerprint density at radius 1 is 1.14 bits per heavy atom. The molecule has 0 spiro atoms. The van der Waals surface area contributed by atoms with Crippen LogP contribution in [0.15, 0.2) is 59.2 Å². The van der Waals surface area contributed by atoms with Crippen molar-refractivity contribution < 1.29 is 4.74 Å². The van der Waals surface area contributed by atoms with Crippen molar-refractivity contribution in [1.29, 1.82) is 0 Å². The maximum absolute atomic E-state index is 5.19. The van der Waals surface area contributed by atoms with Gasteiger partial charge in [-0.2, -0.15) is 5.10 Å². The second-order valence-corrected chi connectivity index (χ2v) is 5.69. The SMILES string of the molecule is COc1ccc(-c2[nH]ncc2CNc2ccccc2Br)cc1. The molecule has 2 aromatic carbocycles. The number of para-hydroxylation sites is 1. The van der Waals surface area contributed by atoms with Crippen molar-refractivity contribution in [2.75, 3.05) is 12.4 Å². The summed E-state index contributed by atoms with van der Waals surface area (Å²) >= 11 is 3.54. The molecule has 0 fully saturated rings. The second-order valence-electron chi connectivity index (χ2n) is 4.83. The summed E-state index contributed by atoms with van der Waals surface area (Å²) in [5.74, 6) is 0.844. The van der Waals surface area contributed by atoms with E-state index in [1.807, 2.05) is 54.7 Å². The molecule has 0 unspecified atom stereocenters. The maximum atomic E-state index is 5.19. The Labute approximate surface area is 137 Å². The first-order valence-corrected chi connectivity index (χ1v) is 7.72. The molecule has 0 radical (unpaired) electrons. The van der Waals surface area contributed by atoms with E-state index in [2.05, 4.69) is 31.4 Å². The summed E-state index contributed by atoms with van der Waals surface area (Å²) in [7, 11) is 1.66. The van der Waals surface area contributed by atoms with Gasteiger partial charge in [-0.25, -0.2) is 0 Å². The molecule has 0 atom stereocenters. The molecule has 22 heavy (non-hydrogen) atoms. The van der Waals surface area contributed by atoms with E-state index < -0.39 is 0 Å². The summed E-state index contributed by atoms with van der Waals surface area (Å²) in [5.41, 5.74) is 4.27. The maximum Gasteiger partial charge on any atom is 0.118 e. The summed E-state index contributed by atoms with van der Waals surface area (Å²) < 4.78 is 6.24. The first-order valence-electron chi connectivity index (χ1n) is 6.93. The monoisotopic (exact) mass is 357 g/mol. The number of methoxy groups -OCH3 is 1. The average molecular weight is 358 g/mol. The molecule has 1 aromatic heterocycles. The molecule has 0 aliphatic heterocycles. The third kappa shape index (κ3) is 3.14. The van der Waals surface area contributed by atoms with E-state index in [-0.39, 0.29) is 0 Å². The largest absolute Gasteiger partial charge is 0.497 e. The van der Waals surface area contributed by atoms with Crippen LogP contribution < -0.4 is 10.1 Å². The van der Waals surface area contributed by atoms with Gasteiger partial charge < -0.3 is 10.1 Å². The van der Waals surface area contributed by atoms with Gasteiger partial charge in [0.25, 0.3) is 0 Å². The number of halogens is 1. The van der Waals surface area contributed by atoms with Crippen LogP contribution in [0.2, 0.25) is 0 Å². The van der Waals surface area contributed by atoms with Crippen molar-refractivity contribution in [1.82, 2.24) is 10.2 Å². The predicted octanol–water partition coefficient (Wildman–Crippen LogP) is 4.46. The van der Waals surface area contributed by atoms with Gasteiger partial charge in [-0.05, 0) is 52.3 Å². The number of nitrogens with zero attached hydrogens (tertiary/aromatic N) is 1. The van der Waals surface area contributed by atoms with Gasteiger partial charge in [0.15, 0.2) is 0 Å². The second kappa shape index (κ2) is 6.66. The van der Waals surface area contributed by atoms with Gasteiger partial charge in [0.05, 0.1) is 19.0 Å². The van der Waals surface area contributed by atoms with E-state index in [4.69, 9.17) is 4.74 Å². The number of rotatable bonds is 5. The van der Waals surface area contributed by atoms with Gasteiger partial charge in [0, 0.05) is 27.8 Å². The van der Waals surface area contributed by atoms with Gasteiger partial charge >= 0.3 is 0 Å². The highest BCUT2D eigenvalue weighted by atomic mass is 79.9. The molecule has 112 valence electrons. The minimum absolute atomic E-state index is 0.695. The zero-order chi connectivity index (χ0) is 15.4. The molecule has 0 aliphatic rings. The number of ether oxygens (including phenoxy) is 1. The zero-order valence-electron chi connectivity index (χ0n) is 12.1. The summed E-state index contributed by atoms with van der Waals surface area (Å²) in [4.78, 5) is 0. The van der Waals surface area contributed by atoms with Crippen LogP contribution in [-0.2, 0) is 6.54 Å². The van der Waals surface area contributed by atoms with Crippen LogP contribution in [0.4, 0.5) is 5.69 Å². The lowest BCUT2D eigenvalue weighted by Gasteiger charge is -2.09. The van der Waals surface area contributed by atoms with Crippen molar-refractivity contribution in [2.24, 2.45) is 0 Å². The summed E-state index contributed by atoms with van der Waals surface area (Å²) in [6.45, 7) is 0.695. The molecule has 0 amide bonds. The van der Waals surface area contributed by atoms with Crippen LogP contribution in [-0.4, -0.2) is 17.3 Å². The number of nitrogens with one attached hydrogen (secondary N) is 2. The summed E-state index contributed by atoms with van der Waals surface area (Å²) in [6, 6.07) is 16.0. The quantitative estimate of drug-likeness (QED) is 0.708. The van der Waals surface area contributed by atoms with Crippen LogP contribution in [0.5, 0.6) is 5.75 Å². The lowest BCUT2D eigenvalue weighted by atomic mass is 10.1. The highest BCUT2D eigenvalue weighted by Crippen LogP contribution is 2.26. The van der Waals surface area contributed by atoms with Gasteiger partial charge in [-0.1, -0.05) is 12.1 Å². The lowest BCUT2D eigenvalue weighted by molar-refractivity contribution is 0.415. The molecule has 0 saturated heterocycles. The van der Waals surface area contributed by atoms with Crippen molar-refractivity contribution >= 4 is 21.6 Å². The Bertz CT molecular complexity index is 753. The minimum atomic E-state index is 0.695. The molecule has 0 saturated carbocycles. The number of hydrogen-bond donors (Lipinski definition) is 2. The molecule has 3 rings (SSSR count). The average Bonchev–Trinajstić information content (AvgIpc) is 3.03. The molecule has 2 N–H and O–H groups in total. The fourth-order valence-corrected chi connectivity index (χ4v) is 2.67. The predicted molar refractivity (Wildman–Crippen MR) is 92.0 cm³/mol. The van der Waals surface area contributed by atoms with E-state index in [0.717, 1.165) is 32.7 Å². The van der Waals surface area contributed by atoms with Crippen LogP contribution in [0.1, 0.15) is 5.56 Å². The van der Waals surface area contributed by atoms with Crippen molar-refractivity contribution in [3.8, 4) is 17.0 Å². The summed E-state index contributed by atoms with van der Waals surface area (Å²) in [5, 5.41) is 10.7. The molecule has 3 aromatic rings. The third-order valence-electron chi connectivity index (χ3n) is 3.44. The standard InChI is InChI=1S/C17H16BrN3O/c1-22-14-8-6-12(7-9-14)17-13(11-20-21-17)10-19-16-5-3-2-4-15(16)18/h2-9,11,19H,10H2,1H3,(H,20,21). The molecule has 1 heterocycles. The zero-order valence-corrected chi connectivity index (χ0v) is 13.7. The van der Waals surface area contributed by atoms with Gasteiger partial charge in [-0.15, -0.1) is 0 Å². The number of benzene rings is 2. The van der Waals surface area contributed by atoms with Crippen molar-refractivity contribution in [3.05, 3.63) is 64.8 Å². The number of H-pyrrole nitrogens is 1. The van der Waals surface area contributed by atoms with E-state index >= 15 is 0 Å². The fourth-order valence-electron chi connectivity index (χ4n) is 2.25. The molecule has 5 heteroatoms. The Hall–Kier alpha value is -2.27. The molecule has 0 aliphatic carbocycles. The summed E-state index contributed by atoms with van der Waals surface area (Å²) in [6.07, 6.45) is 1.85. The first-order chi connectivity index (χ1) is 10.8. The van der Waals surface area contributed by atoms with E-state index in [0.29, 0.717) is 6.54 Å². The number of aromatic nitrogens is 2. The molecule has 0 bridgehead atoms. The number of anilines is 1. The lowest BCUT2D eigenvalue weighted by Crippen LogP contribution is -2.00. The Kier molecular flexibility index (Phi) is 4.44. The van der Waals surface area contributed by atoms with E-state index in [1.165, 1.54) is 0 Å². The Morgan fingerprint density at radius 3 is 2.64 bits per heavy atom.